The summed E-state index contributed by atoms with van der Waals surface area (Å²) in [4.78, 5) is 24.7. The molecule has 0 saturated heterocycles. The van der Waals surface area contributed by atoms with Gasteiger partial charge in [0.1, 0.15) is 0 Å². The Morgan fingerprint density at radius 2 is 1.90 bits per heavy atom. The normalized spacial score (nSPS) is 10.4. The first kappa shape index (κ1) is 17.2. The Balaban J connectivity index is 2.19. The van der Waals surface area contributed by atoms with Crippen LogP contribution in [0.3, 0.4) is 0 Å². The van der Waals surface area contributed by atoms with Crippen LogP contribution < -0.4 is 5.32 Å². The number of aryl methyl sites for hydroxylation is 1. The maximum Gasteiger partial charge on any atom is 0.319 e. The van der Waals surface area contributed by atoms with Crippen molar-refractivity contribution in [2.24, 2.45) is 0 Å². The van der Waals surface area contributed by atoms with Gasteiger partial charge in [0.05, 0.1) is 20.2 Å². The van der Waals surface area contributed by atoms with Crippen LogP contribution in [-0.2, 0) is 20.7 Å². The van der Waals surface area contributed by atoms with E-state index in [-0.39, 0.29) is 25.0 Å². The lowest BCUT2D eigenvalue weighted by Gasteiger charge is -2.18. The highest BCUT2D eigenvalue weighted by Crippen LogP contribution is 2.01. The molecule has 0 aromatic heterocycles. The molecule has 5 nitrogen and oxygen atoms in total. The van der Waals surface area contributed by atoms with Gasteiger partial charge in [0, 0.05) is 6.54 Å². The zero-order chi connectivity index (χ0) is 15.5. The van der Waals surface area contributed by atoms with Crippen molar-refractivity contribution in [3.05, 3.63) is 35.9 Å². The molecule has 0 unspecified atom stereocenters. The van der Waals surface area contributed by atoms with Crippen molar-refractivity contribution in [3.8, 4) is 0 Å². The molecule has 0 bridgehead atoms. The van der Waals surface area contributed by atoms with Gasteiger partial charge in [-0.05, 0) is 24.9 Å². The summed E-state index contributed by atoms with van der Waals surface area (Å²) in [6, 6.07) is 10.2. The third-order valence-corrected chi connectivity index (χ3v) is 3.20. The van der Waals surface area contributed by atoms with Gasteiger partial charge < -0.3 is 10.1 Å². The van der Waals surface area contributed by atoms with E-state index < -0.39 is 0 Å². The number of benzene rings is 1. The van der Waals surface area contributed by atoms with Crippen LogP contribution in [0.2, 0.25) is 0 Å². The van der Waals surface area contributed by atoms with Gasteiger partial charge in [-0.3, -0.25) is 14.5 Å². The molecule has 0 aliphatic rings. The lowest BCUT2D eigenvalue weighted by molar-refractivity contribution is -0.142. The second kappa shape index (κ2) is 9.94. The van der Waals surface area contributed by atoms with Crippen molar-refractivity contribution in [1.82, 2.24) is 10.2 Å². The van der Waals surface area contributed by atoms with Gasteiger partial charge in [-0.1, -0.05) is 37.3 Å². The number of hydrogen-bond donors (Lipinski definition) is 1. The van der Waals surface area contributed by atoms with E-state index in [9.17, 15) is 9.59 Å². The van der Waals surface area contributed by atoms with Crippen LogP contribution in [0, 0.1) is 0 Å². The van der Waals surface area contributed by atoms with Crippen LogP contribution in [0.5, 0.6) is 0 Å². The number of carbonyl (C=O) groups excluding carboxylic acids is 2. The summed E-state index contributed by atoms with van der Waals surface area (Å²) < 4.78 is 4.60. The van der Waals surface area contributed by atoms with Crippen molar-refractivity contribution in [2.75, 3.05) is 33.3 Å². The van der Waals surface area contributed by atoms with Crippen LogP contribution in [-0.4, -0.2) is 50.1 Å². The summed E-state index contributed by atoms with van der Waals surface area (Å²) in [7, 11) is 1.35. The number of carbonyl (C=O) groups is 2. The summed E-state index contributed by atoms with van der Waals surface area (Å²) in [6.45, 7) is 3.54. The second-order valence-electron chi connectivity index (χ2n) is 4.82. The molecule has 0 atom stereocenters. The van der Waals surface area contributed by atoms with E-state index in [0.717, 1.165) is 12.8 Å². The first-order valence-corrected chi connectivity index (χ1v) is 7.25. The molecule has 1 aromatic carbocycles. The van der Waals surface area contributed by atoms with Gasteiger partial charge in [-0.15, -0.1) is 0 Å². The predicted octanol–water partition coefficient (Wildman–Crippen LogP) is 1.23. The number of ether oxygens (including phenoxy) is 1. The van der Waals surface area contributed by atoms with E-state index in [4.69, 9.17) is 0 Å². The Kier molecular flexibility index (Phi) is 8.12. The molecule has 1 amide bonds. The number of rotatable bonds is 9. The second-order valence-corrected chi connectivity index (χ2v) is 4.82. The molecule has 0 saturated carbocycles. The molecule has 5 heteroatoms. The van der Waals surface area contributed by atoms with E-state index in [1.54, 1.807) is 4.90 Å². The molecule has 0 heterocycles. The van der Waals surface area contributed by atoms with Crippen molar-refractivity contribution in [1.29, 1.82) is 0 Å². The highest BCUT2D eigenvalue weighted by Gasteiger charge is 2.12. The average molecular weight is 292 g/mol. The number of hydrogen-bond acceptors (Lipinski definition) is 4. The van der Waals surface area contributed by atoms with E-state index >= 15 is 0 Å². The van der Waals surface area contributed by atoms with E-state index in [0.29, 0.717) is 13.1 Å². The summed E-state index contributed by atoms with van der Waals surface area (Å²) in [5, 5.41) is 2.88. The van der Waals surface area contributed by atoms with Gasteiger partial charge in [0.15, 0.2) is 0 Å². The van der Waals surface area contributed by atoms with E-state index in [2.05, 4.69) is 22.2 Å². The zero-order valence-corrected chi connectivity index (χ0v) is 12.8. The van der Waals surface area contributed by atoms with Crippen LogP contribution in [0.4, 0.5) is 0 Å². The molecule has 0 aliphatic carbocycles. The molecule has 0 fully saturated rings. The number of amides is 1. The van der Waals surface area contributed by atoms with Gasteiger partial charge in [0.25, 0.3) is 0 Å². The van der Waals surface area contributed by atoms with Crippen molar-refractivity contribution in [2.45, 2.75) is 19.8 Å². The third kappa shape index (κ3) is 7.46. The van der Waals surface area contributed by atoms with E-state index in [1.807, 2.05) is 25.1 Å². The number of likely N-dealkylation sites (N-methyl/N-ethyl adjacent to an activating group) is 1. The smallest absolute Gasteiger partial charge is 0.319 e. The molecule has 0 spiro atoms. The zero-order valence-electron chi connectivity index (χ0n) is 12.8. The van der Waals surface area contributed by atoms with Crippen LogP contribution in [0.15, 0.2) is 30.3 Å². The number of nitrogens with one attached hydrogen (secondary N) is 1. The minimum Gasteiger partial charge on any atom is -0.468 e. The lowest BCUT2D eigenvalue weighted by Crippen LogP contribution is -2.40. The van der Waals surface area contributed by atoms with Gasteiger partial charge in [0.2, 0.25) is 5.91 Å². The van der Waals surface area contributed by atoms with Gasteiger partial charge in [-0.25, -0.2) is 0 Å². The van der Waals surface area contributed by atoms with Crippen LogP contribution >= 0.6 is 0 Å². The van der Waals surface area contributed by atoms with Crippen molar-refractivity contribution < 1.29 is 14.3 Å². The Hall–Kier alpha value is -1.88. The minimum atomic E-state index is -0.325. The average Bonchev–Trinajstić information content (AvgIpc) is 2.51. The molecular weight excluding hydrogens is 268 g/mol. The van der Waals surface area contributed by atoms with Crippen LogP contribution in [0.25, 0.3) is 0 Å². The Morgan fingerprint density at radius 1 is 1.19 bits per heavy atom. The first-order chi connectivity index (χ1) is 10.2. The van der Waals surface area contributed by atoms with E-state index in [1.165, 1.54) is 12.7 Å². The summed E-state index contributed by atoms with van der Waals surface area (Å²) >= 11 is 0. The molecule has 0 aliphatic heterocycles. The third-order valence-electron chi connectivity index (χ3n) is 3.20. The molecular formula is C16H24N2O3. The Labute approximate surface area is 126 Å². The van der Waals surface area contributed by atoms with Gasteiger partial charge in [-0.2, -0.15) is 0 Å². The van der Waals surface area contributed by atoms with Crippen molar-refractivity contribution >= 4 is 11.9 Å². The molecule has 116 valence electrons. The fraction of sp³-hybridized carbons (Fsp3) is 0.500. The lowest BCUT2D eigenvalue weighted by atomic mass is 10.1. The summed E-state index contributed by atoms with van der Waals surface area (Å²) in [5.41, 5.74) is 1.27. The topological polar surface area (TPSA) is 58.6 Å². The Bertz CT molecular complexity index is 434. The fourth-order valence-corrected chi connectivity index (χ4v) is 1.95. The van der Waals surface area contributed by atoms with Crippen molar-refractivity contribution in [3.63, 3.8) is 0 Å². The largest absolute Gasteiger partial charge is 0.468 e. The molecule has 1 aromatic rings. The fourth-order valence-electron chi connectivity index (χ4n) is 1.95. The van der Waals surface area contributed by atoms with Gasteiger partial charge >= 0.3 is 5.97 Å². The maximum atomic E-state index is 11.8. The number of methoxy groups -OCH3 is 1. The summed E-state index contributed by atoms with van der Waals surface area (Å²) in [5.74, 6) is -0.387. The highest BCUT2D eigenvalue weighted by atomic mass is 16.5. The Morgan fingerprint density at radius 3 is 2.52 bits per heavy atom. The standard InChI is InChI=1S/C16H24N2O3/c1-3-18(13-16(20)21-2)12-15(19)17-11-7-10-14-8-5-4-6-9-14/h4-6,8-9H,3,7,10-13H2,1-2H3,(H,17,19). The summed E-state index contributed by atoms with van der Waals surface area (Å²) in [6.07, 6.45) is 1.85. The number of nitrogens with zero attached hydrogens (tertiary/aromatic N) is 1. The SMILES string of the molecule is CCN(CC(=O)NCCCc1ccccc1)CC(=O)OC. The molecule has 21 heavy (non-hydrogen) atoms. The first-order valence-electron chi connectivity index (χ1n) is 7.25. The molecule has 0 radical (unpaired) electrons. The monoisotopic (exact) mass is 292 g/mol. The maximum absolute atomic E-state index is 11.8. The predicted molar refractivity (Wildman–Crippen MR) is 81.9 cm³/mol. The molecule has 1 rings (SSSR count). The number of esters is 1. The minimum absolute atomic E-state index is 0.0613. The molecule has 1 N–H and O–H groups in total. The quantitative estimate of drug-likeness (QED) is 0.549. The highest BCUT2D eigenvalue weighted by molar-refractivity contribution is 5.79. The van der Waals surface area contributed by atoms with Crippen LogP contribution in [0.1, 0.15) is 18.9 Å².